The number of aromatic nitrogens is 2. The molecule has 0 aliphatic carbocycles. The van der Waals surface area contributed by atoms with Crippen LogP contribution in [0, 0.1) is 6.92 Å². The van der Waals surface area contributed by atoms with Gasteiger partial charge >= 0.3 is 0 Å². The van der Waals surface area contributed by atoms with Gasteiger partial charge in [-0.1, -0.05) is 18.2 Å². The Kier molecular flexibility index (Phi) is 3.69. The molecule has 1 N–H and O–H groups in total. The number of nitrogens with one attached hydrogen (secondary N) is 1. The molecule has 0 amide bonds. The van der Waals surface area contributed by atoms with Crippen LogP contribution in [0.15, 0.2) is 48.7 Å². The summed E-state index contributed by atoms with van der Waals surface area (Å²) in [5, 5.41) is 4.11. The van der Waals surface area contributed by atoms with Crippen LogP contribution in [0.5, 0.6) is 5.75 Å². The number of pyridine rings is 2. The molecule has 0 aliphatic heterocycles. The van der Waals surface area contributed by atoms with Crippen LogP contribution >= 0.6 is 0 Å². The second-order valence-corrected chi connectivity index (χ2v) is 4.87. The Hall–Kier alpha value is -2.62. The van der Waals surface area contributed by atoms with Crippen LogP contribution in [0.25, 0.3) is 10.9 Å². The molecule has 0 bridgehead atoms. The lowest BCUT2D eigenvalue weighted by Gasteiger charge is -2.10. The summed E-state index contributed by atoms with van der Waals surface area (Å²) >= 11 is 0. The normalized spacial score (nSPS) is 10.6. The molecule has 106 valence electrons. The molecule has 1 aromatic carbocycles. The third-order valence-corrected chi connectivity index (χ3v) is 3.30. The zero-order valence-corrected chi connectivity index (χ0v) is 12.1. The predicted molar refractivity (Wildman–Crippen MR) is 84.6 cm³/mol. The van der Waals surface area contributed by atoms with E-state index in [0.29, 0.717) is 6.61 Å². The van der Waals surface area contributed by atoms with Crippen molar-refractivity contribution in [2.75, 3.05) is 12.4 Å². The van der Waals surface area contributed by atoms with Crippen LogP contribution in [0.3, 0.4) is 0 Å². The highest BCUT2D eigenvalue weighted by Crippen LogP contribution is 2.24. The van der Waals surface area contributed by atoms with E-state index < -0.39 is 0 Å². The van der Waals surface area contributed by atoms with E-state index in [4.69, 9.17) is 4.74 Å². The van der Waals surface area contributed by atoms with Gasteiger partial charge in [-0.3, -0.25) is 0 Å². The summed E-state index contributed by atoms with van der Waals surface area (Å²) in [6.45, 7) is 2.48. The van der Waals surface area contributed by atoms with Gasteiger partial charge in [-0.15, -0.1) is 0 Å². The van der Waals surface area contributed by atoms with E-state index in [0.717, 1.165) is 33.7 Å². The predicted octanol–water partition coefficient (Wildman–Crippen LogP) is 3.56. The van der Waals surface area contributed by atoms with E-state index in [1.807, 2.05) is 50.4 Å². The quantitative estimate of drug-likeness (QED) is 0.793. The molecule has 0 radical (unpaired) electrons. The van der Waals surface area contributed by atoms with Crippen molar-refractivity contribution in [3.63, 3.8) is 0 Å². The van der Waals surface area contributed by atoms with Gasteiger partial charge in [0.2, 0.25) is 0 Å². The molecule has 3 rings (SSSR count). The molecule has 3 aromatic rings. The van der Waals surface area contributed by atoms with Gasteiger partial charge in [-0.25, -0.2) is 9.97 Å². The summed E-state index contributed by atoms with van der Waals surface area (Å²) in [5.41, 5.74) is 2.96. The minimum atomic E-state index is 0.492. The second-order valence-electron chi connectivity index (χ2n) is 4.87. The van der Waals surface area contributed by atoms with Crippen LogP contribution in [-0.2, 0) is 6.61 Å². The number of ether oxygens (including phenoxy) is 1. The maximum Gasteiger partial charge on any atom is 0.146 e. The molecule has 0 spiro atoms. The maximum atomic E-state index is 5.94. The fourth-order valence-electron chi connectivity index (χ4n) is 2.20. The zero-order chi connectivity index (χ0) is 14.7. The molecule has 2 aromatic heterocycles. The van der Waals surface area contributed by atoms with Crippen molar-refractivity contribution in [2.45, 2.75) is 13.5 Å². The first-order chi connectivity index (χ1) is 10.3. The number of hydrogen-bond acceptors (Lipinski definition) is 4. The van der Waals surface area contributed by atoms with Gasteiger partial charge in [0.15, 0.2) is 0 Å². The van der Waals surface area contributed by atoms with E-state index in [1.165, 1.54) is 0 Å². The third-order valence-electron chi connectivity index (χ3n) is 3.30. The van der Waals surface area contributed by atoms with Gasteiger partial charge in [-0.2, -0.15) is 0 Å². The molecule has 0 unspecified atom stereocenters. The first kappa shape index (κ1) is 13.4. The third kappa shape index (κ3) is 2.94. The summed E-state index contributed by atoms with van der Waals surface area (Å²) in [7, 11) is 1.85. The Morgan fingerprint density at radius 2 is 2.05 bits per heavy atom. The number of rotatable bonds is 4. The summed E-state index contributed by atoms with van der Waals surface area (Å²) in [4.78, 5) is 8.77. The number of hydrogen-bond donors (Lipinski definition) is 1. The van der Waals surface area contributed by atoms with Gasteiger partial charge in [0, 0.05) is 24.3 Å². The Morgan fingerprint density at radius 3 is 2.90 bits per heavy atom. The number of fused-ring (bicyclic) bond motifs is 1. The number of aryl methyl sites for hydroxylation is 1. The fraction of sp³-hybridized carbons (Fsp3) is 0.176. The minimum absolute atomic E-state index is 0.492. The molecule has 4 nitrogen and oxygen atoms in total. The summed E-state index contributed by atoms with van der Waals surface area (Å²) in [6.07, 6.45) is 1.77. The van der Waals surface area contributed by atoms with Crippen molar-refractivity contribution < 1.29 is 4.74 Å². The molecule has 2 heterocycles. The number of benzene rings is 1. The highest BCUT2D eigenvalue weighted by atomic mass is 16.5. The molecule has 4 heteroatoms. The summed E-state index contributed by atoms with van der Waals surface area (Å²) < 4.78 is 5.94. The number of nitrogens with zero attached hydrogens (tertiary/aromatic N) is 2. The smallest absolute Gasteiger partial charge is 0.146 e. The highest BCUT2D eigenvalue weighted by Gasteiger charge is 2.04. The number of anilines is 1. The van der Waals surface area contributed by atoms with Gasteiger partial charge in [0.1, 0.15) is 23.7 Å². The molecule has 0 fully saturated rings. The Morgan fingerprint density at radius 1 is 1.14 bits per heavy atom. The topological polar surface area (TPSA) is 47.0 Å². The first-order valence-electron chi connectivity index (χ1n) is 6.88. The van der Waals surface area contributed by atoms with Gasteiger partial charge in [0.05, 0.1) is 0 Å². The first-order valence-corrected chi connectivity index (χ1v) is 6.88. The van der Waals surface area contributed by atoms with E-state index in [1.54, 1.807) is 6.20 Å². The average Bonchev–Trinajstić information content (AvgIpc) is 2.53. The second kappa shape index (κ2) is 5.79. The maximum absolute atomic E-state index is 5.94. The lowest BCUT2D eigenvalue weighted by Crippen LogP contribution is -1.99. The molecule has 0 saturated heterocycles. The van der Waals surface area contributed by atoms with E-state index >= 15 is 0 Å². The minimum Gasteiger partial charge on any atom is -0.487 e. The van der Waals surface area contributed by atoms with Crippen molar-refractivity contribution in [1.82, 2.24) is 9.97 Å². The summed E-state index contributed by atoms with van der Waals surface area (Å²) in [6, 6.07) is 14.0. The van der Waals surface area contributed by atoms with Crippen molar-refractivity contribution in [3.8, 4) is 5.75 Å². The molecule has 0 saturated carbocycles. The zero-order valence-electron chi connectivity index (χ0n) is 12.1. The van der Waals surface area contributed by atoms with Crippen molar-refractivity contribution in [1.29, 1.82) is 0 Å². The number of para-hydroxylation sites is 1. The summed E-state index contributed by atoms with van der Waals surface area (Å²) in [5.74, 6) is 1.64. The Labute approximate surface area is 123 Å². The Balaban J connectivity index is 1.86. The van der Waals surface area contributed by atoms with Crippen LogP contribution in [0.2, 0.25) is 0 Å². The van der Waals surface area contributed by atoms with Crippen molar-refractivity contribution in [2.24, 2.45) is 0 Å². The van der Waals surface area contributed by atoms with Gasteiger partial charge < -0.3 is 10.1 Å². The largest absolute Gasteiger partial charge is 0.487 e. The van der Waals surface area contributed by atoms with Crippen LogP contribution in [0.1, 0.15) is 11.3 Å². The van der Waals surface area contributed by atoms with Gasteiger partial charge in [0.25, 0.3) is 0 Å². The van der Waals surface area contributed by atoms with E-state index in [2.05, 4.69) is 21.4 Å². The molecule has 0 atom stereocenters. The Bertz CT molecular complexity index is 771. The van der Waals surface area contributed by atoms with Gasteiger partial charge in [-0.05, 0) is 36.8 Å². The van der Waals surface area contributed by atoms with Crippen LogP contribution < -0.4 is 10.1 Å². The van der Waals surface area contributed by atoms with Crippen LogP contribution in [-0.4, -0.2) is 17.0 Å². The molecule has 21 heavy (non-hydrogen) atoms. The molecular weight excluding hydrogens is 262 g/mol. The lowest BCUT2D eigenvalue weighted by molar-refractivity contribution is 0.309. The standard InChI is InChI=1S/C17H17N3O/c1-12-6-7-14-4-3-5-15(17(14)20-12)21-11-13-8-9-19-16(10-13)18-2/h3-10H,11H2,1-2H3,(H,18,19). The van der Waals surface area contributed by atoms with Crippen molar-refractivity contribution in [3.05, 3.63) is 59.9 Å². The molecule has 0 aliphatic rings. The highest BCUT2D eigenvalue weighted by molar-refractivity contribution is 5.84. The van der Waals surface area contributed by atoms with E-state index in [9.17, 15) is 0 Å². The fourth-order valence-corrected chi connectivity index (χ4v) is 2.20. The van der Waals surface area contributed by atoms with Crippen LogP contribution in [0.4, 0.5) is 5.82 Å². The lowest BCUT2D eigenvalue weighted by atomic mass is 10.2. The molecular formula is C17H17N3O. The SMILES string of the molecule is CNc1cc(COc2cccc3ccc(C)nc23)ccn1. The van der Waals surface area contributed by atoms with E-state index in [-0.39, 0.29) is 0 Å². The van der Waals surface area contributed by atoms with Crippen molar-refractivity contribution >= 4 is 16.7 Å². The average molecular weight is 279 g/mol. The monoisotopic (exact) mass is 279 g/mol.